The Bertz CT molecular complexity index is 1790. The number of H-pyrrole nitrogens is 2. The predicted molar refractivity (Wildman–Crippen MR) is 145 cm³/mol. The van der Waals surface area contributed by atoms with Crippen molar-refractivity contribution >= 4 is 58.0 Å². The van der Waals surface area contributed by atoms with Crippen LogP contribution in [0.25, 0.3) is 22.1 Å². The lowest BCUT2D eigenvalue weighted by atomic mass is 10.1. The molecule has 0 radical (unpaired) electrons. The van der Waals surface area contributed by atoms with Crippen molar-refractivity contribution in [1.82, 2.24) is 25.3 Å². The van der Waals surface area contributed by atoms with Gasteiger partial charge in [0.1, 0.15) is 23.2 Å². The van der Waals surface area contributed by atoms with Gasteiger partial charge >= 0.3 is 11.7 Å². The van der Waals surface area contributed by atoms with E-state index in [1.54, 1.807) is 30.3 Å². The molecule has 40 heavy (non-hydrogen) atoms. The number of hydrogen-bond acceptors (Lipinski definition) is 9. The van der Waals surface area contributed by atoms with Crippen LogP contribution in [-0.4, -0.2) is 49.4 Å². The van der Waals surface area contributed by atoms with Crippen LogP contribution in [0.3, 0.4) is 0 Å². The van der Waals surface area contributed by atoms with E-state index in [0.29, 0.717) is 29.1 Å². The molecule has 206 valence electrons. The number of aromatic nitrogens is 4. The van der Waals surface area contributed by atoms with Crippen molar-refractivity contribution in [2.45, 2.75) is 13.1 Å². The van der Waals surface area contributed by atoms with Crippen LogP contribution in [0.5, 0.6) is 5.75 Å². The number of hydrogen-bond donors (Lipinski definition) is 6. The van der Waals surface area contributed by atoms with Crippen LogP contribution in [-0.2, 0) is 17.9 Å². The van der Waals surface area contributed by atoms with E-state index in [-0.39, 0.29) is 53.8 Å². The topological polar surface area (TPSA) is 218 Å². The van der Waals surface area contributed by atoms with E-state index in [9.17, 15) is 19.2 Å². The highest BCUT2D eigenvalue weighted by Crippen LogP contribution is 2.28. The highest BCUT2D eigenvalue weighted by molar-refractivity contribution is 6.08. The summed E-state index contributed by atoms with van der Waals surface area (Å²) < 4.78 is 10.1. The number of nitrogens with zero attached hydrogens (tertiary/aromatic N) is 2. The van der Waals surface area contributed by atoms with E-state index < -0.39 is 17.6 Å². The second-order valence-corrected chi connectivity index (χ2v) is 8.35. The maximum absolute atomic E-state index is 12.5. The van der Waals surface area contributed by atoms with Gasteiger partial charge in [0.25, 0.3) is 11.8 Å². The molecule has 2 aromatic carbocycles. The first kappa shape index (κ1) is 27.8. The molecule has 0 aliphatic carbocycles. The number of nitrogens with one attached hydrogen (secondary N) is 4. The van der Waals surface area contributed by atoms with Crippen molar-refractivity contribution in [1.29, 1.82) is 0 Å². The molecule has 0 fully saturated rings. The van der Waals surface area contributed by atoms with Crippen LogP contribution in [0, 0.1) is 0 Å². The molecular formula is C25H22ClN7O7. The minimum Gasteiger partial charge on any atom is -0.482 e. The van der Waals surface area contributed by atoms with Gasteiger partial charge in [-0.25, -0.2) is 19.6 Å². The Kier molecular flexibility index (Phi) is 8.12. The lowest BCUT2D eigenvalue weighted by molar-refractivity contribution is -0.118. The smallest absolute Gasteiger partial charge is 0.417 e. The minimum atomic E-state index is -1.15. The van der Waals surface area contributed by atoms with Gasteiger partial charge in [0, 0.05) is 19.3 Å². The van der Waals surface area contributed by atoms with Gasteiger partial charge in [0.15, 0.2) is 17.9 Å². The number of aromatic carboxylic acids is 1. The number of rotatable bonds is 5. The van der Waals surface area contributed by atoms with Crippen molar-refractivity contribution in [3.8, 4) is 5.75 Å². The second kappa shape index (κ2) is 11.7. The number of carboxylic acids is 1. The van der Waals surface area contributed by atoms with Crippen molar-refractivity contribution in [3.05, 3.63) is 81.9 Å². The Morgan fingerprint density at radius 3 is 2.67 bits per heavy atom. The summed E-state index contributed by atoms with van der Waals surface area (Å²) in [6.45, 7) is 0.603. The normalized spacial score (nSPS) is 11.9. The maximum atomic E-state index is 12.5. The van der Waals surface area contributed by atoms with Gasteiger partial charge in [0.2, 0.25) is 0 Å². The zero-order valence-electron chi connectivity index (χ0n) is 20.5. The molecular weight excluding hydrogens is 546 g/mol. The SMILES string of the molecule is Cl.NCc1ccc2[nH]c(=O)oc2c1.O=C1COc2ccc(CNC(=O)c3ncnc4c(C(=O)O)c[nH]c34)cc2N1. The molecule has 0 bridgehead atoms. The van der Waals surface area contributed by atoms with Crippen molar-refractivity contribution < 1.29 is 28.6 Å². The summed E-state index contributed by atoms with van der Waals surface area (Å²) in [5, 5.41) is 14.6. The first-order valence-electron chi connectivity index (χ1n) is 11.5. The van der Waals surface area contributed by atoms with Crippen LogP contribution in [0.1, 0.15) is 32.0 Å². The minimum absolute atomic E-state index is 0. The molecule has 0 saturated heterocycles. The second-order valence-electron chi connectivity index (χ2n) is 8.35. The standard InChI is InChI=1S/C17H13N5O5.C8H8N2O2.ClH/c23-12-6-27-11-2-1-8(3-10(11)22-12)4-19-16(24)15-14-13(20-7-21-15)9(5-18-14)17(25)26;9-4-5-1-2-6-7(3-5)12-8(11)10-6;/h1-3,5,7,18H,4,6H2,(H,19,24)(H,22,23)(H,25,26);1-3H,4,9H2,(H,10,11);1H. The van der Waals surface area contributed by atoms with Gasteiger partial charge in [-0.05, 0) is 35.4 Å². The molecule has 0 spiro atoms. The van der Waals surface area contributed by atoms with Crippen LogP contribution in [0.2, 0.25) is 0 Å². The van der Waals surface area contributed by atoms with Crippen LogP contribution in [0.4, 0.5) is 5.69 Å². The molecule has 0 unspecified atom stereocenters. The third-order valence-electron chi connectivity index (χ3n) is 5.76. The maximum Gasteiger partial charge on any atom is 0.417 e. The Morgan fingerprint density at radius 2 is 1.90 bits per heavy atom. The Labute approximate surface area is 230 Å². The lowest BCUT2D eigenvalue weighted by Crippen LogP contribution is -2.26. The van der Waals surface area contributed by atoms with Crippen LogP contribution >= 0.6 is 12.4 Å². The highest BCUT2D eigenvalue weighted by Gasteiger charge is 2.20. The fourth-order valence-electron chi connectivity index (χ4n) is 3.90. The van der Waals surface area contributed by atoms with E-state index in [2.05, 4.69) is 30.6 Å². The van der Waals surface area contributed by atoms with E-state index >= 15 is 0 Å². The first-order valence-corrected chi connectivity index (χ1v) is 11.5. The molecule has 0 atom stereocenters. The fourth-order valence-corrected chi connectivity index (χ4v) is 3.90. The lowest BCUT2D eigenvalue weighted by Gasteiger charge is -2.18. The quantitative estimate of drug-likeness (QED) is 0.181. The molecule has 1 aliphatic heterocycles. The molecule has 0 saturated carbocycles. The summed E-state index contributed by atoms with van der Waals surface area (Å²) in [5.41, 5.74) is 9.34. The van der Waals surface area contributed by atoms with Gasteiger partial charge in [-0.2, -0.15) is 0 Å². The Balaban J connectivity index is 0.000000238. The van der Waals surface area contributed by atoms with Crippen molar-refractivity contribution in [2.24, 2.45) is 5.73 Å². The first-order chi connectivity index (χ1) is 18.8. The summed E-state index contributed by atoms with van der Waals surface area (Å²) in [4.78, 5) is 59.0. The summed E-state index contributed by atoms with van der Waals surface area (Å²) in [5.74, 6) is -1.74. The molecule has 15 heteroatoms. The van der Waals surface area contributed by atoms with Gasteiger partial charge in [-0.15, -0.1) is 12.4 Å². The number of nitrogens with two attached hydrogens (primary N) is 1. The largest absolute Gasteiger partial charge is 0.482 e. The third-order valence-corrected chi connectivity index (χ3v) is 5.76. The summed E-state index contributed by atoms with van der Waals surface area (Å²) in [7, 11) is 0. The summed E-state index contributed by atoms with van der Waals surface area (Å²) in [6.07, 6.45) is 2.41. The number of oxazole rings is 1. The molecule has 2 amide bonds. The molecule has 3 aromatic heterocycles. The van der Waals surface area contributed by atoms with Crippen molar-refractivity contribution in [3.63, 3.8) is 0 Å². The number of amides is 2. The zero-order chi connectivity index (χ0) is 27.5. The number of fused-ring (bicyclic) bond motifs is 3. The number of carbonyl (C=O) groups is 3. The zero-order valence-corrected chi connectivity index (χ0v) is 21.3. The van der Waals surface area contributed by atoms with E-state index in [1.165, 1.54) is 6.20 Å². The summed E-state index contributed by atoms with van der Waals surface area (Å²) >= 11 is 0. The van der Waals surface area contributed by atoms with Crippen LogP contribution in [0.15, 0.2) is 58.1 Å². The summed E-state index contributed by atoms with van der Waals surface area (Å²) in [6, 6.07) is 10.6. The van der Waals surface area contributed by atoms with Crippen LogP contribution < -0.4 is 26.9 Å². The van der Waals surface area contributed by atoms with Gasteiger partial charge in [-0.3, -0.25) is 14.6 Å². The van der Waals surface area contributed by atoms with Gasteiger partial charge < -0.3 is 35.6 Å². The molecule has 4 heterocycles. The Morgan fingerprint density at radius 1 is 1.10 bits per heavy atom. The van der Waals surface area contributed by atoms with E-state index in [1.807, 2.05) is 6.07 Å². The molecule has 6 rings (SSSR count). The highest BCUT2D eigenvalue weighted by atomic mass is 35.5. The number of carboxylic acid groups (broad SMARTS) is 1. The number of halogens is 1. The van der Waals surface area contributed by atoms with Gasteiger partial charge in [0.05, 0.1) is 16.7 Å². The average molecular weight is 568 g/mol. The average Bonchev–Trinajstić information content (AvgIpc) is 3.54. The number of benzene rings is 2. The van der Waals surface area contributed by atoms with E-state index in [0.717, 1.165) is 17.5 Å². The fraction of sp³-hybridized carbons (Fsp3) is 0.120. The predicted octanol–water partition coefficient (Wildman–Crippen LogP) is 1.92. The molecule has 14 nitrogen and oxygen atoms in total. The molecule has 1 aliphatic rings. The van der Waals surface area contributed by atoms with Crippen molar-refractivity contribution in [2.75, 3.05) is 11.9 Å². The number of ether oxygens (including phenoxy) is 1. The number of aromatic amines is 2. The number of carbonyl (C=O) groups excluding carboxylic acids is 2. The monoisotopic (exact) mass is 567 g/mol. The molecule has 7 N–H and O–H groups in total. The number of anilines is 1. The van der Waals surface area contributed by atoms with Gasteiger partial charge in [-0.1, -0.05) is 12.1 Å². The molecule has 5 aromatic rings. The Hall–Kier alpha value is -5.21. The van der Waals surface area contributed by atoms with E-state index in [4.69, 9.17) is 20.0 Å². The third kappa shape index (κ3) is 5.77.